The molecular formula is C12H12N5O6P. The fraction of sp³-hybridized carbons (Fsp3) is 0.417. The van der Waals surface area contributed by atoms with Crippen LogP contribution in [0.15, 0.2) is 25.0 Å². The van der Waals surface area contributed by atoms with Crippen molar-refractivity contribution >= 4 is 24.6 Å². The van der Waals surface area contributed by atoms with Crippen LogP contribution >= 0.6 is 7.82 Å². The number of aliphatic hydroxyl groups excluding tert-OH is 1. The van der Waals surface area contributed by atoms with Crippen molar-refractivity contribution in [3.8, 4) is 0 Å². The number of hydrogen-bond donors (Lipinski definition) is 2. The zero-order valence-corrected chi connectivity index (χ0v) is 12.9. The molecule has 12 heteroatoms. The second-order valence-electron chi connectivity index (χ2n) is 5.58. The summed E-state index contributed by atoms with van der Waals surface area (Å²) in [5, 5.41) is 9.44. The predicted octanol–water partition coefficient (Wildman–Crippen LogP) is -0.147. The number of rotatable bonds is 2. The molecule has 2 aliphatic heterocycles. The SMILES string of the molecule is O=P1(O)O[C@H]2[C@H](O1)[C@H](n1cnc3c1ncn1ccnc31)O[C@H]2CO. The molecule has 0 saturated carbocycles. The van der Waals surface area contributed by atoms with Gasteiger partial charge in [0, 0.05) is 12.4 Å². The summed E-state index contributed by atoms with van der Waals surface area (Å²) in [5.41, 5.74) is 1.67. The molecule has 24 heavy (non-hydrogen) atoms. The van der Waals surface area contributed by atoms with E-state index < -0.39 is 32.4 Å². The molecule has 2 saturated heterocycles. The number of phosphoric acid groups is 1. The lowest BCUT2D eigenvalue weighted by Crippen LogP contribution is -2.30. The van der Waals surface area contributed by atoms with Crippen molar-refractivity contribution in [2.75, 3.05) is 6.61 Å². The van der Waals surface area contributed by atoms with Crippen LogP contribution in [0.1, 0.15) is 6.23 Å². The predicted molar refractivity (Wildman–Crippen MR) is 76.8 cm³/mol. The lowest BCUT2D eigenvalue weighted by atomic mass is 10.1. The summed E-state index contributed by atoms with van der Waals surface area (Å²) in [6.45, 7) is -0.369. The number of phosphoric ester groups is 1. The van der Waals surface area contributed by atoms with Crippen molar-refractivity contribution in [2.24, 2.45) is 0 Å². The lowest BCUT2D eigenvalue weighted by Gasteiger charge is -2.18. The maximum absolute atomic E-state index is 11.7. The Labute approximate surface area is 134 Å². The molecule has 2 N–H and O–H groups in total. The van der Waals surface area contributed by atoms with E-state index in [1.165, 1.54) is 6.33 Å². The molecule has 0 bridgehead atoms. The van der Waals surface area contributed by atoms with E-state index in [1.54, 1.807) is 27.7 Å². The molecule has 5 heterocycles. The molecule has 0 spiro atoms. The van der Waals surface area contributed by atoms with Crippen LogP contribution in [-0.2, 0) is 18.3 Å². The molecule has 0 radical (unpaired) electrons. The van der Waals surface area contributed by atoms with Crippen LogP contribution in [0.2, 0.25) is 0 Å². The minimum absolute atomic E-state index is 0.369. The van der Waals surface area contributed by atoms with Crippen LogP contribution in [0.25, 0.3) is 16.8 Å². The van der Waals surface area contributed by atoms with Crippen LogP contribution in [0, 0.1) is 0 Å². The fourth-order valence-electron chi connectivity index (χ4n) is 3.18. The Morgan fingerprint density at radius 1 is 1.17 bits per heavy atom. The van der Waals surface area contributed by atoms with Gasteiger partial charge in [-0.1, -0.05) is 0 Å². The molecule has 2 fully saturated rings. The van der Waals surface area contributed by atoms with Gasteiger partial charge in [-0.3, -0.25) is 18.0 Å². The largest absolute Gasteiger partial charge is 0.473 e. The monoisotopic (exact) mass is 353 g/mol. The van der Waals surface area contributed by atoms with Gasteiger partial charge in [-0.05, 0) is 0 Å². The highest BCUT2D eigenvalue weighted by atomic mass is 31.2. The first kappa shape index (κ1) is 14.5. The Morgan fingerprint density at radius 2 is 2.00 bits per heavy atom. The molecule has 0 amide bonds. The summed E-state index contributed by atoms with van der Waals surface area (Å²) in [4.78, 5) is 22.5. The zero-order chi connectivity index (χ0) is 16.5. The minimum atomic E-state index is -4.16. The summed E-state index contributed by atoms with van der Waals surface area (Å²) in [6.07, 6.45) is 3.19. The summed E-state index contributed by atoms with van der Waals surface area (Å²) in [5.74, 6) is 0. The second kappa shape index (κ2) is 4.82. The van der Waals surface area contributed by atoms with Crippen LogP contribution in [0.4, 0.5) is 0 Å². The number of ether oxygens (including phenoxy) is 1. The average Bonchev–Trinajstić information content (AvgIpc) is 3.26. The Bertz CT molecular complexity index is 987. The molecule has 3 aromatic rings. The van der Waals surface area contributed by atoms with E-state index in [0.29, 0.717) is 16.8 Å². The maximum Gasteiger partial charge on any atom is 0.473 e. The van der Waals surface area contributed by atoms with Gasteiger partial charge in [-0.25, -0.2) is 19.5 Å². The first-order chi connectivity index (χ1) is 11.6. The standard InChI is InChI=1S/C12H12N5O6P/c18-3-6-8-9(23-24(19,20)22-8)12(21-6)17-5-14-7-10-13-1-2-16(10)4-15-11(7)17/h1-2,4-6,8-9,12,18H,3H2,(H,19,20)/t6-,8+,9-,12+/m0/s1. The van der Waals surface area contributed by atoms with E-state index >= 15 is 0 Å². The third kappa shape index (κ3) is 1.91. The van der Waals surface area contributed by atoms with Crippen molar-refractivity contribution in [2.45, 2.75) is 24.5 Å². The van der Waals surface area contributed by atoms with E-state index in [2.05, 4.69) is 15.0 Å². The number of aliphatic hydroxyl groups is 1. The van der Waals surface area contributed by atoms with Gasteiger partial charge in [0.05, 0.1) is 12.9 Å². The van der Waals surface area contributed by atoms with Crippen LogP contribution in [0.3, 0.4) is 0 Å². The van der Waals surface area contributed by atoms with Gasteiger partial charge in [0.2, 0.25) is 0 Å². The molecule has 1 unspecified atom stereocenters. The highest BCUT2D eigenvalue weighted by Gasteiger charge is 2.57. The normalized spacial score (nSPS) is 35.9. The Kier molecular flexibility index (Phi) is 2.90. The Morgan fingerprint density at radius 3 is 2.83 bits per heavy atom. The van der Waals surface area contributed by atoms with Gasteiger partial charge < -0.3 is 14.7 Å². The van der Waals surface area contributed by atoms with Crippen molar-refractivity contribution in [1.82, 2.24) is 23.9 Å². The van der Waals surface area contributed by atoms with Gasteiger partial charge in [0.15, 0.2) is 23.0 Å². The number of hydrogen-bond acceptors (Lipinski definition) is 8. The molecule has 11 nitrogen and oxygen atoms in total. The second-order valence-corrected chi connectivity index (χ2v) is 6.94. The number of imidazole rings is 2. The smallest absolute Gasteiger partial charge is 0.394 e. The van der Waals surface area contributed by atoms with E-state index in [4.69, 9.17) is 13.8 Å². The molecule has 2 aliphatic rings. The van der Waals surface area contributed by atoms with Crippen LogP contribution < -0.4 is 0 Å². The molecule has 3 aromatic heterocycles. The third-order valence-electron chi connectivity index (χ3n) is 4.20. The van der Waals surface area contributed by atoms with E-state index in [1.807, 2.05) is 0 Å². The molecule has 0 aromatic carbocycles. The number of nitrogens with zero attached hydrogens (tertiary/aromatic N) is 5. The molecule has 0 aliphatic carbocycles. The Hall–Kier alpha value is -1.88. The van der Waals surface area contributed by atoms with E-state index in [0.717, 1.165) is 0 Å². The van der Waals surface area contributed by atoms with Crippen LogP contribution in [-0.4, -0.2) is 58.8 Å². The van der Waals surface area contributed by atoms with Gasteiger partial charge in [0.1, 0.15) is 24.6 Å². The highest BCUT2D eigenvalue weighted by Crippen LogP contribution is 2.58. The Balaban J connectivity index is 1.63. The summed E-state index contributed by atoms with van der Waals surface area (Å²) >= 11 is 0. The van der Waals surface area contributed by atoms with Crippen molar-refractivity contribution in [1.29, 1.82) is 0 Å². The molecule has 126 valence electrons. The van der Waals surface area contributed by atoms with Crippen molar-refractivity contribution < 1.29 is 28.3 Å². The quantitative estimate of drug-likeness (QED) is 0.603. The first-order valence-corrected chi connectivity index (χ1v) is 8.67. The summed E-state index contributed by atoms with van der Waals surface area (Å²) in [6, 6.07) is 0. The lowest BCUT2D eigenvalue weighted by molar-refractivity contribution is -0.0589. The van der Waals surface area contributed by atoms with Gasteiger partial charge >= 0.3 is 7.82 Å². The summed E-state index contributed by atoms with van der Waals surface area (Å²) in [7, 11) is -4.16. The topological polar surface area (TPSA) is 133 Å². The molecule has 5 atom stereocenters. The summed E-state index contributed by atoms with van der Waals surface area (Å²) < 4.78 is 30.9. The first-order valence-electron chi connectivity index (χ1n) is 7.17. The van der Waals surface area contributed by atoms with Gasteiger partial charge in [0.25, 0.3) is 0 Å². The van der Waals surface area contributed by atoms with Crippen LogP contribution in [0.5, 0.6) is 0 Å². The minimum Gasteiger partial charge on any atom is -0.394 e. The number of fused-ring (bicyclic) bond motifs is 4. The molecule has 5 rings (SSSR count). The van der Waals surface area contributed by atoms with Crippen molar-refractivity contribution in [3.63, 3.8) is 0 Å². The maximum atomic E-state index is 11.7. The highest BCUT2D eigenvalue weighted by molar-refractivity contribution is 7.47. The van der Waals surface area contributed by atoms with Gasteiger partial charge in [-0.15, -0.1) is 0 Å². The molecular weight excluding hydrogens is 341 g/mol. The van der Waals surface area contributed by atoms with Crippen molar-refractivity contribution in [3.05, 3.63) is 25.0 Å². The van der Waals surface area contributed by atoms with E-state index in [-0.39, 0.29) is 6.61 Å². The number of aromatic nitrogens is 5. The fourth-order valence-corrected chi connectivity index (χ4v) is 4.33. The zero-order valence-electron chi connectivity index (χ0n) is 12.0. The van der Waals surface area contributed by atoms with Gasteiger partial charge in [-0.2, -0.15) is 0 Å². The average molecular weight is 353 g/mol. The van der Waals surface area contributed by atoms with E-state index in [9.17, 15) is 14.6 Å². The third-order valence-corrected chi connectivity index (χ3v) is 5.22.